The maximum Gasteiger partial charge on any atom is 0.348 e. The second-order valence-corrected chi connectivity index (χ2v) is 7.33. The van der Waals surface area contributed by atoms with E-state index in [1.165, 1.54) is 10.9 Å². The molecule has 2 heterocycles. The van der Waals surface area contributed by atoms with Crippen LogP contribution in [0, 0.1) is 6.92 Å². The molecular formula is C20H21N3O4S. The minimum Gasteiger partial charge on any atom is -0.462 e. The minimum atomic E-state index is -0.469. The second kappa shape index (κ2) is 8.35. The molecule has 3 aromatic rings. The highest BCUT2D eigenvalue weighted by Gasteiger charge is 2.21. The third-order valence-electron chi connectivity index (χ3n) is 4.37. The van der Waals surface area contributed by atoms with E-state index in [1.807, 2.05) is 37.3 Å². The van der Waals surface area contributed by atoms with Crippen LogP contribution in [-0.4, -0.2) is 28.0 Å². The van der Waals surface area contributed by atoms with E-state index in [0.29, 0.717) is 20.7 Å². The molecular weight excluding hydrogens is 378 g/mol. The largest absolute Gasteiger partial charge is 0.462 e. The van der Waals surface area contributed by atoms with Crippen molar-refractivity contribution < 1.29 is 14.3 Å². The molecule has 28 heavy (non-hydrogen) atoms. The normalized spacial score (nSPS) is 12.0. The summed E-state index contributed by atoms with van der Waals surface area (Å²) < 4.78 is 6.28. The van der Waals surface area contributed by atoms with Gasteiger partial charge in [0.1, 0.15) is 16.3 Å². The average Bonchev–Trinajstić information content (AvgIpc) is 3.02. The van der Waals surface area contributed by atoms with Gasteiger partial charge in [-0.15, -0.1) is 11.3 Å². The number of fused-ring (bicyclic) bond motifs is 1. The lowest BCUT2D eigenvalue weighted by molar-refractivity contribution is -0.122. The Bertz CT molecular complexity index is 1070. The number of rotatable bonds is 6. The van der Waals surface area contributed by atoms with Gasteiger partial charge in [0.05, 0.1) is 24.4 Å². The van der Waals surface area contributed by atoms with Crippen molar-refractivity contribution in [1.82, 2.24) is 14.9 Å². The SMILES string of the molecule is CCOC(=O)c1sc2ncn(CC(=O)NC(C)c3ccccc3)c(=O)c2c1C. The monoisotopic (exact) mass is 399 g/mol. The molecule has 0 spiro atoms. The highest BCUT2D eigenvalue weighted by molar-refractivity contribution is 7.20. The molecule has 0 saturated carbocycles. The topological polar surface area (TPSA) is 90.3 Å². The number of benzene rings is 1. The molecule has 1 N–H and O–H groups in total. The van der Waals surface area contributed by atoms with E-state index in [-0.39, 0.29) is 30.7 Å². The highest BCUT2D eigenvalue weighted by Crippen LogP contribution is 2.27. The summed E-state index contributed by atoms with van der Waals surface area (Å²) in [4.78, 5) is 42.4. The molecule has 0 aliphatic heterocycles. The molecule has 3 rings (SSSR count). The van der Waals surface area contributed by atoms with Gasteiger partial charge in [0.2, 0.25) is 5.91 Å². The summed E-state index contributed by atoms with van der Waals surface area (Å²) >= 11 is 1.12. The lowest BCUT2D eigenvalue weighted by Gasteiger charge is -2.14. The summed E-state index contributed by atoms with van der Waals surface area (Å²) in [5.41, 5.74) is 1.16. The quantitative estimate of drug-likeness (QED) is 0.644. The molecule has 0 fully saturated rings. The van der Waals surface area contributed by atoms with Gasteiger partial charge in [-0.3, -0.25) is 14.2 Å². The van der Waals surface area contributed by atoms with Gasteiger partial charge in [-0.25, -0.2) is 9.78 Å². The molecule has 8 heteroatoms. The number of aryl methyl sites for hydroxylation is 1. The average molecular weight is 399 g/mol. The Hall–Kier alpha value is -3.00. The van der Waals surface area contributed by atoms with Crippen molar-refractivity contribution in [3.63, 3.8) is 0 Å². The van der Waals surface area contributed by atoms with Crippen molar-refractivity contribution in [3.05, 3.63) is 63.0 Å². The molecule has 2 aromatic heterocycles. The molecule has 0 radical (unpaired) electrons. The fraction of sp³-hybridized carbons (Fsp3) is 0.300. The number of thiophene rings is 1. The van der Waals surface area contributed by atoms with Gasteiger partial charge in [0.15, 0.2) is 0 Å². The Labute approximate surface area is 166 Å². The Morgan fingerprint density at radius 3 is 2.68 bits per heavy atom. The van der Waals surface area contributed by atoms with E-state index in [1.54, 1.807) is 13.8 Å². The summed E-state index contributed by atoms with van der Waals surface area (Å²) in [5, 5.41) is 3.22. The lowest BCUT2D eigenvalue weighted by Crippen LogP contribution is -2.34. The van der Waals surface area contributed by atoms with Crippen molar-refractivity contribution in [3.8, 4) is 0 Å². The number of nitrogens with one attached hydrogen (secondary N) is 1. The summed E-state index contributed by atoms with van der Waals surface area (Å²) in [6, 6.07) is 9.39. The first-order chi connectivity index (χ1) is 13.4. The first-order valence-corrected chi connectivity index (χ1v) is 9.74. The van der Waals surface area contributed by atoms with Crippen LogP contribution in [0.3, 0.4) is 0 Å². The number of nitrogens with zero attached hydrogens (tertiary/aromatic N) is 2. The number of aromatic nitrogens is 2. The number of hydrogen-bond donors (Lipinski definition) is 1. The van der Waals surface area contributed by atoms with Gasteiger partial charge in [-0.05, 0) is 31.9 Å². The maximum atomic E-state index is 12.8. The van der Waals surface area contributed by atoms with Crippen LogP contribution in [0.4, 0.5) is 0 Å². The van der Waals surface area contributed by atoms with Crippen molar-refractivity contribution in [2.24, 2.45) is 0 Å². The smallest absolute Gasteiger partial charge is 0.348 e. The van der Waals surface area contributed by atoms with Gasteiger partial charge in [0.25, 0.3) is 5.56 Å². The number of carbonyl (C=O) groups is 2. The number of ether oxygens (including phenoxy) is 1. The van der Waals surface area contributed by atoms with E-state index < -0.39 is 5.97 Å². The minimum absolute atomic E-state index is 0.150. The first-order valence-electron chi connectivity index (χ1n) is 8.92. The Morgan fingerprint density at radius 1 is 1.29 bits per heavy atom. The zero-order valence-corrected chi connectivity index (χ0v) is 16.7. The van der Waals surface area contributed by atoms with E-state index in [9.17, 15) is 14.4 Å². The zero-order valence-electron chi connectivity index (χ0n) is 15.9. The van der Waals surface area contributed by atoms with Gasteiger partial charge >= 0.3 is 5.97 Å². The lowest BCUT2D eigenvalue weighted by atomic mass is 10.1. The predicted molar refractivity (Wildman–Crippen MR) is 108 cm³/mol. The van der Waals surface area contributed by atoms with E-state index in [0.717, 1.165) is 16.9 Å². The van der Waals surface area contributed by atoms with Gasteiger partial charge in [-0.2, -0.15) is 0 Å². The van der Waals surface area contributed by atoms with E-state index in [4.69, 9.17) is 4.74 Å². The molecule has 7 nitrogen and oxygen atoms in total. The molecule has 0 aliphatic rings. The number of carbonyl (C=O) groups excluding carboxylic acids is 2. The fourth-order valence-corrected chi connectivity index (χ4v) is 3.96. The van der Waals surface area contributed by atoms with Crippen molar-refractivity contribution >= 4 is 33.4 Å². The van der Waals surface area contributed by atoms with Gasteiger partial charge in [0, 0.05) is 0 Å². The molecule has 1 aromatic carbocycles. The van der Waals surface area contributed by atoms with Crippen molar-refractivity contribution in [1.29, 1.82) is 0 Å². The third-order valence-corrected chi connectivity index (χ3v) is 5.55. The zero-order chi connectivity index (χ0) is 20.3. The Balaban J connectivity index is 1.83. The fourth-order valence-electron chi connectivity index (χ4n) is 2.93. The van der Waals surface area contributed by atoms with Crippen LogP contribution in [-0.2, 0) is 16.1 Å². The number of amides is 1. The van der Waals surface area contributed by atoms with Crippen LogP contribution >= 0.6 is 11.3 Å². The van der Waals surface area contributed by atoms with Crippen LogP contribution < -0.4 is 10.9 Å². The molecule has 0 aliphatic carbocycles. The van der Waals surface area contributed by atoms with Crippen LogP contribution in [0.1, 0.15) is 40.7 Å². The van der Waals surface area contributed by atoms with Gasteiger partial charge in [-0.1, -0.05) is 30.3 Å². The summed E-state index contributed by atoms with van der Waals surface area (Å²) in [5.74, 6) is -0.763. The molecule has 1 amide bonds. The molecule has 1 atom stereocenters. The van der Waals surface area contributed by atoms with Crippen LogP contribution in [0.25, 0.3) is 10.2 Å². The summed E-state index contributed by atoms with van der Waals surface area (Å²) in [6.07, 6.45) is 1.34. The van der Waals surface area contributed by atoms with E-state index >= 15 is 0 Å². The first kappa shape index (κ1) is 19.8. The Morgan fingerprint density at radius 2 is 2.00 bits per heavy atom. The van der Waals surface area contributed by atoms with Gasteiger partial charge < -0.3 is 10.1 Å². The van der Waals surface area contributed by atoms with Crippen LogP contribution in [0.2, 0.25) is 0 Å². The highest BCUT2D eigenvalue weighted by atomic mass is 32.1. The second-order valence-electron chi connectivity index (χ2n) is 6.33. The van der Waals surface area contributed by atoms with Crippen molar-refractivity contribution in [2.75, 3.05) is 6.61 Å². The number of hydrogen-bond acceptors (Lipinski definition) is 6. The summed E-state index contributed by atoms with van der Waals surface area (Å²) in [7, 11) is 0. The summed E-state index contributed by atoms with van der Waals surface area (Å²) in [6.45, 7) is 5.40. The molecule has 0 bridgehead atoms. The number of esters is 1. The molecule has 146 valence electrons. The third kappa shape index (κ3) is 3.96. The van der Waals surface area contributed by atoms with E-state index in [2.05, 4.69) is 10.3 Å². The Kier molecular flexibility index (Phi) is 5.89. The van der Waals surface area contributed by atoms with Crippen LogP contribution in [0.15, 0.2) is 41.5 Å². The van der Waals surface area contributed by atoms with Crippen molar-refractivity contribution in [2.45, 2.75) is 33.4 Å². The maximum absolute atomic E-state index is 12.8. The predicted octanol–water partition coefficient (Wildman–Crippen LogP) is 2.82. The molecule has 0 saturated heterocycles. The van der Waals surface area contributed by atoms with Crippen LogP contribution in [0.5, 0.6) is 0 Å². The molecule has 1 unspecified atom stereocenters. The standard InChI is InChI=1S/C20H21N3O4S/c1-4-27-20(26)17-12(2)16-18(28-17)21-11-23(19(16)25)10-15(24)22-13(3)14-8-6-5-7-9-14/h5-9,11,13H,4,10H2,1-3H3,(H,22,24).